The molecular weight excluding hydrogens is 437 g/mol. The van der Waals surface area contributed by atoms with Crippen LogP contribution < -0.4 is 0 Å². The van der Waals surface area contributed by atoms with Crippen LogP contribution in [0.5, 0.6) is 0 Å². The van der Waals surface area contributed by atoms with Crippen molar-refractivity contribution in [1.29, 1.82) is 0 Å². The van der Waals surface area contributed by atoms with Crippen LogP contribution in [-0.2, 0) is 30.5 Å². The molecule has 162 valence electrons. The second-order valence-corrected chi connectivity index (χ2v) is 7.97. The van der Waals surface area contributed by atoms with Gasteiger partial charge >= 0.3 is 5.97 Å². The van der Waals surface area contributed by atoms with E-state index < -0.39 is 23.4 Å². The van der Waals surface area contributed by atoms with Crippen molar-refractivity contribution < 1.29 is 23.1 Å². The van der Waals surface area contributed by atoms with Crippen molar-refractivity contribution in [1.82, 2.24) is 9.97 Å². The molecule has 0 atom stereocenters. The molecule has 0 amide bonds. The molecule has 0 fully saturated rings. The lowest BCUT2D eigenvalue weighted by Crippen LogP contribution is -2.10. The molecule has 0 saturated heterocycles. The first-order valence-corrected chi connectivity index (χ1v) is 10.3. The van der Waals surface area contributed by atoms with Gasteiger partial charge in [-0.15, -0.1) is 23.7 Å². The minimum absolute atomic E-state index is 0. The highest BCUT2D eigenvalue weighted by Gasteiger charge is 2.19. The third kappa shape index (κ3) is 5.10. The second kappa shape index (κ2) is 10.2. The van der Waals surface area contributed by atoms with Gasteiger partial charge in [0, 0.05) is 23.9 Å². The topological polar surface area (TPSA) is 63.1 Å². The summed E-state index contributed by atoms with van der Waals surface area (Å²) in [5, 5.41) is 9.66. The average Bonchev–Trinajstić information content (AvgIpc) is 3.08. The van der Waals surface area contributed by atoms with Gasteiger partial charge in [0.15, 0.2) is 11.6 Å². The molecule has 0 aliphatic heterocycles. The maximum atomic E-state index is 14.0. The number of benzene rings is 1. The normalized spacial score (nSPS) is 11.0. The standard InChI is InChI=1S/C21H21F3N2O2S.ClH/c1-3-5-15-11(7-12(9-18(27)28)16(25-15)6-4-2)8-17-26-20-19(24)13(22)10-14(23)21(20)29-17;/h7,10H,3-6,8-9H2,1-2H3,(H,27,28);1H. The largest absolute Gasteiger partial charge is 0.481 e. The van der Waals surface area contributed by atoms with Crippen LogP contribution in [-0.4, -0.2) is 21.0 Å². The minimum Gasteiger partial charge on any atom is -0.481 e. The van der Waals surface area contributed by atoms with E-state index in [1.807, 2.05) is 19.9 Å². The van der Waals surface area contributed by atoms with Crippen LogP contribution in [0.3, 0.4) is 0 Å². The first kappa shape index (κ1) is 24.1. The van der Waals surface area contributed by atoms with Gasteiger partial charge in [-0.3, -0.25) is 9.78 Å². The van der Waals surface area contributed by atoms with Crippen molar-refractivity contribution in [2.24, 2.45) is 0 Å². The fourth-order valence-corrected chi connectivity index (χ4v) is 4.31. The Balaban J connectivity index is 0.00000320. The molecule has 9 heteroatoms. The molecule has 1 N–H and O–H groups in total. The number of rotatable bonds is 8. The number of halogens is 4. The fraction of sp³-hybridized carbons (Fsp3) is 0.381. The molecule has 0 bridgehead atoms. The molecule has 3 aromatic rings. The highest BCUT2D eigenvalue weighted by Crippen LogP contribution is 2.31. The first-order chi connectivity index (χ1) is 13.8. The van der Waals surface area contributed by atoms with Crippen LogP contribution in [0.1, 0.15) is 54.2 Å². The zero-order valence-electron chi connectivity index (χ0n) is 16.6. The Morgan fingerprint density at radius 3 is 2.23 bits per heavy atom. The number of pyridine rings is 1. The van der Waals surface area contributed by atoms with Gasteiger partial charge in [-0.05, 0) is 24.0 Å². The van der Waals surface area contributed by atoms with Gasteiger partial charge < -0.3 is 5.11 Å². The zero-order valence-corrected chi connectivity index (χ0v) is 18.2. The van der Waals surface area contributed by atoms with E-state index in [0.29, 0.717) is 29.5 Å². The van der Waals surface area contributed by atoms with Crippen LogP contribution in [0.25, 0.3) is 10.2 Å². The Kier molecular flexibility index (Phi) is 8.20. The molecule has 0 unspecified atom stereocenters. The van der Waals surface area contributed by atoms with Gasteiger partial charge in [0.1, 0.15) is 11.3 Å². The summed E-state index contributed by atoms with van der Waals surface area (Å²) in [6, 6.07) is 2.34. The lowest BCUT2D eigenvalue weighted by Gasteiger charge is -2.14. The number of aliphatic carboxylic acids is 1. The van der Waals surface area contributed by atoms with Gasteiger partial charge in [-0.1, -0.05) is 32.8 Å². The lowest BCUT2D eigenvalue weighted by molar-refractivity contribution is -0.136. The number of carbonyl (C=O) groups is 1. The minimum atomic E-state index is -1.27. The Morgan fingerprint density at radius 2 is 1.63 bits per heavy atom. The summed E-state index contributed by atoms with van der Waals surface area (Å²) >= 11 is 0.966. The van der Waals surface area contributed by atoms with Gasteiger partial charge in [-0.25, -0.2) is 18.2 Å². The third-order valence-corrected chi connectivity index (χ3v) is 5.64. The maximum Gasteiger partial charge on any atom is 0.307 e. The van der Waals surface area contributed by atoms with Crippen molar-refractivity contribution in [2.75, 3.05) is 0 Å². The summed E-state index contributed by atoms with van der Waals surface area (Å²) in [5.74, 6) is -4.23. The molecule has 4 nitrogen and oxygen atoms in total. The maximum absolute atomic E-state index is 14.0. The molecule has 0 aliphatic carbocycles. The van der Waals surface area contributed by atoms with Crippen LogP contribution in [0.4, 0.5) is 13.2 Å². The number of aryl methyl sites for hydroxylation is 2. The number of thiazole rings is 1. The molecule has 2 aromatic heterocycles. The Labute approximate surface area is 182 Å². The van der Waals surface area contributed by atoms with E-state index in [-0.39, 0.29) is 35.5 Å². The van der Waals surface area contributed by atoms with E-state index in [1.165, 1.54) is 0 Å². The number of nitrogens with zero attached hydrogens (tertiary/aromatic N) is 2. The van der Waals surface area contributed by atoms with Crippen LogP contribution in [0.2, 0.25) is 0 Å². The molecule has 3 rings (SSSR count). The highest BCUT2D eigenvalue weighted by atomic mass is 35.5. The van der Waals surface area contributed by atoms with E-state index >= 15 is 0 Å². The predicted octanol–water partition coefficient (Wildman–Crippen LogP) is 5.65. The van der Waals surface area contributed by atoms with Crippen molar-refractivity contribution in [3.8, 4) is 0 Å². The summed E-state index contributed by atoms with van der Waals surface area (Å²) in [5.41, 5.74) is 2.70. The van der Waals surface area contributed by atoms with Gasteiger partial charge in [-0.2, -0.15) is 0 Å². The van der Waals surface area contributed by atoms with Crippen molar-refractivity contribution >= 4 is 39.9 Å². The number of carboxylic acids is 1. The first-order valence-electron chi connectivity index (χ1n) is 9.49. The van der Waals surface area contributed by atoms with Crippen LogP contribution in [0.15, 0.2) is 12.1 Å². The van der Waals surface area contributed by atoms with Gasteiger partial charge in [0.2, 0.25) is 0 Å². The number of hydrogen-bond acceptors (Lipinski definition) is 4. The zero-order chi connectivity index (χ0) is 21.1. The van der Waals surface area contributed by atoms with E-state index in [1.54, 1.807) is 0 Å². The molecule has 0 saturated carbocycles. The van der Waals surface area contributed by atoms with Crippen LogP contribution >= 0.6 is 23.7 Å². The summed E-state index contributed by atoms with van der Waals surface area (Å²) in [4.78, 5) is 20.1. The van der Waals surface area contributed by atoms with E-state index in [4.69, 9.17) is 4.98 Å². The number of hydrogen-bond donors (Lipinski definition) is 1. The number of aromatic nitrogens is 2. The second-order valence-electron chi connectivity index (χ2n) is 6.89. The highest BCUT2D eigenvalue weighted by molar-refractivity contribution is 7.18. The third-order valence-electron chi connectivity index (χ3n) is 4.58. The summed E-state index contributed by atoms with van der Waals surface area (Å²) < 4.78 is 41.5. The molecule has 0 aliphatic rings. The van der Waals surface area contributed by atoms with Crippen molar-refractivity contribution in [3.05, 3.63) is 57.1 Å². The Hall–Kier alpha value is -2.19. The molecule has 30 heavy (non-hydrogen) atoms. The average molecular weight is 459 g/mol. The molecular formula is C21H22ClF3N2O2S. The molecule has 0 radical (unpaired) electrons. The lowest BCUT2D eigenvalue weighted by atomic mass is 9.99. The van der Waals surface area contributed by atoms with E-state index in [2.05, 4.69) is 4.98 Å². The summed E-state index contributed by atoms with van der Waals surface area (Å²) in [7, 11) is 0. The Morgan fingerprint density at radius 1 is 1.00 bits per heavy atom. The van der Waals surface area contributed by atoms with E-state index in [9.17, 15) is 23.1 Å². The number of fused-ring (bicyclic) bond motifs is 1. The molecule has 0 spiro atoms. The van der Waals surface area contributed by atoms with Gasteiger partial charge in [0.25, 0.3) is 0 Å². The number of carboxylic acid groups (broad SMARTS) is 1. The summed E-state index contributed by atoms with van der Waals surface area (Å²) in [6.07, 6.45) is 3.17. The summed E-state index contributed by atoms with van der Waals surface area (Å²) in [6.45, 7) is 4.02. The van der Waals surface area contributed by atoms with E-state index in [0.717, 1.165) is 41.1 Å². The SMILES string of the molecule is CCCc1nc(CCC)c(Cc2nc3c(F)c(F)cc(F)c3s2)cc1CC(=O)O.Cl. The van der Waals surface area contributed by atoms with Gasteiger partial charge in [0.05, 0.1) is 16.1 Å². The monoisotopic (exact) mass is 458 g/mol. The predicted molar refractivity (Wildman–Crippen MR) is 113 cm³/mol. The molecule has 1 aromatic carbocycles. The van der Waals surface area contributed by atoms with Crippen LogP contribution in [0, 0.1) is 17.5 Å². The van der Waals surface area contributed by atoms with Crippen molar-refractivity contribution in [2.45, 2.75) is 52.4 Å². The fourth-order valence-electron chi connectivity index (χ4n) is 3.33. The molecule has 2 heterocycles. The smallest absolute Gasteiger partial charge is 0.307 e. The Bertz CT molecular complexity index is 1070. The quantitative estimate of drug-likeness (QED) is 0.443. The van der Waals surface area contributed by atoms with Crippen molar-refractivity contribution in [3.63, 3.8) is 0 Å².